The van der Waals surface area contributed by atoms with Gasteiger partial charge in [0.1, 0.15) is 11.3 Å². The molecule has 0 N–H and O–H groups in total. The molecule has 2 bridgehead atoms. The van der Waals surface area contributed by atoms with E-state index in [2.05, 4.69) is 16.8 Å². The number of pyridine rings is 1. The molecule has 6 rings (SSSR count). The van der Waals surface area contributed by atoms with Gasteiger partial charge in [-0.15, -0.1) is 0 Å². The molecule has 3 fully saturated rings. The van der Waals surface area contributed by atoms with Crippen molar-refractivity contribution in [3.05, 3.63) is 49.3 Å². The molecule has 8 heteroatoms. The van der Waals surface area contributed by atoms with Crippen LogP contribution in [0.25, 0.3) is 16.6 Å². The monoisotopic (exact) mass is 397 g/mol. The minimum Gasteiger partial charge on any atom is -0.494 e. The Morgan fingerprint density at radius 2 is 1.93 bits per heavy atom. The fourth-order valence-electron chi connectivity index (χ4n) is 4.11. The molecule has 2 aliphatic heterocycles. The number of nitrogens with zero attached hydrogens (tertiary/aromatic N) is 5. The fraction of sp³-hybridized carbons (Fsp3) is 0.381. The quantitative estimate of drug-likeness (QED) is 0.638. The zero-order valence-corrected chi connectivity index (χ0v) is 16.6. The molecule has 3 aliphatic rings. The van der Waals surface area contributed by atoms with E-state index in [9.17, 15) is 9.18 Å². The third-order valence-electron chi connectivity index (χ3n) is 5.57. The lowest BCUT2D eigenvalue weighted by Gasteiger charge is -2.46. The van der Waals surface area contributed by atoms with Gasteiger partial charge in [-0.25, -0.2) is 8.91 Å². The predicted molar refractivity (Wildman–Crippen MR) is 107 cm³/mol. The molecule has 1 aliphatic carbocycles. The maximum atomic E-state index is 13.6. The van der Waals surface area contributed by atoms with Crippen molar-refractivity contribution in [2.24, 2.45) is 18.9 Å². The van der Waals surface area contributed by atoms with Gasteiger partial charge in [0.2, 0.25) is 5.91 Å². The van der Waals surface area contributed by atoms with Crippen LogP contribution in [0, 0.1) is 17.7 Å². The Morgan fingerprint density at radius 1 is 1.21 bits per heavy atom. The predicted octanol–water partition coefficient (Wildman–Crippen LogP) is 2.92. The summed E-state index contributed by atoms with van der Waals surface area (Å²) in [6.07, 6.45) is 10.6. The van der Waals surface area contributed by atoms with Crippen LogP contribution >= 0.6 is 0 Å². The zero-order chi connectivity index (χ0) is 20.5. The van der Waals surface area contributed by atoms with Gasteiger partial charge in [0, 0.05) is 43.7 Å². The van der Waals surface area contributed by atoms with Crippen LogP contribution in [0.5, 0.6) is 5.75 Å². The second-order valence-corrected chi connectivity index (χ2v) is 7.64. The minimum atomic E-state index is -0.399. The molecule has 0 unspecified atom stereocenters. The highest BCUT2D eigenvalue weighted by molar-refractivity contribution is 5.87. The van der Waals surface area contributed by atoms with E-state index in [1.54, 1.807) is 23.1 Å². The van der Waals surface area contributed by atoms with Crippen LogP contribution < -0.4 is 4.74 Å². The van der Waals surface area contributed by atoms with Crippen LogP contribution in [0.1, 0.15) is 12.8 Å². The van der Waals surface area contributed by atoms with Crippen molar-refractivity contribution >= 4 is 11.4 Å². The van der Waals surface area contributed by atoms with Crippen molar-refractivity contribution in [3.63, 3.8) is 0 Å². The van der Waals surface area contributed by atoms with Gasteiger partial charge in [-0.05, 0) is 36.8 Å². The van der Waals surface area contributed by atoms with Gasteiger partial charge in [-0.2, -0.15) is 10.2 Å². The van der Waals surface area contributed by atoms with Crippen LogP contribution in [0.4, 0.5) is 4.39 Å². The number of methoxy groups -OCH3 is 1. The Balaban J connectivity index is 0.000000159. The van der Waals surface area contributed by atoms with Crippen LogP contribution in [-0.2, 0) is 11.8 Å². The van der Waals surface area contributed by atoms with Gasteiger partial charge < -0.3 is 9.64 Å². The van der Waals surface area contributed by atoms with E-state index < -0.39 is 5.82 Å². The first kappa shape index (κ1) is 19.2. The lowest BCUT2D eigenvalue weighted by molar-refractivity contribution is -0.132. The highest BCUT2D eigenvalue weighted by atomic mass is 19.1. The molecule has 0 radical (unpaired) electrons. The van der Waals surface area contributed by atoms with E-state index in [1.165, 1.54) is 36.7 Å². The maximum Gasteiger partial charge on any atom is 0.245 e. The molecule has 5 heterocycles. The summed E-state index contributed by atoms with van der Waals surface area (Å²) in [6.45, 7) is 5.43. The largest absolute Gasteiger partial charge is 0.494 e. The van der Waals surface area contributed by atoms with Crippen LogP contribution in [0.2, 0.25) is 0 Å². The smallest absolute Gasteiger partial charge is 0.245 e. The zero-order valence-electron chi connectivity index (χ0n) is 16.6. The number of halogens is 1. The van der Waals surface area contributed by atoms with Gasteiger partial charge in [0.15, 0.2) is 5.82 Å². The van der Waals surface area contributed by atoms with E-state index in [1.807, 2.05) is 18.1 Å². The molecule has 152 valence electrons. The van der Waals surface area contributed by atoms with Crippen molar-refractivity contribution in [1.29, 1.82) is 0 Å². The number of hydrogen-bond acceptors (Lipinski definition) is 4. The Hall–Kier alpha value is -3.16. The van der Waals surface area contributed by atoms with Crippen LogP contribution in [-0.4, -0.2) is 50.4 Å². The van der Waals surface area contributed by atoms with Crippen LogP contribution in [0.15, 0.2) is 43.5 Å². The average Bonchev–Trinajstić information content (AvgIpc) is 3.32. The second kappa shape index (κ2) is 7.69. The first-order chi connectivity index (χ1) is 14.0. The molecule has 0 atom stereocenters. The minimum absolute atomic E-state index is 0.111. The third kappa shape index (κ3) is 3.74. The number of ether oxygens (including phenoxy) is 1. The van der Waals surface area contributed by atoms with Gasteiger partial charge in [-0.1, -0.05) is 6.58 Å². The van der Waals surface area contributed by atoms with Gasteiger partial charge in [0.05, 0.1) is 19.5 Å². The summed E-state index contributed by atoms with van der Waals surface area (Å²) >= 11 is 0. The highest BCUT2D eigenvalue weighted by Gasteiger charge is 2.38. The lowest BCUT2D eigenvalue weighted by atomic mass is 9.71. The highest BCUT2D eigenvalue weighted by Crippen LogP contribution is 2.39. The Kier molecular flexibility index (Phi) is 5.08. The molecule has 3 aromatic rings. The van der Waals surface area contributed by atoms with Gasteiger partial charge in [0.25, 0.3) is 0 Å². The van der Waals surface area contributed by atoms with Crippen molar-refractivity contribution in [1.82, 2.24) is 24.3 Å². The number of hydrogen-bond donors (Lipinski definition) is 0. The van der Waals surface area contributed by atoms with Crippen molar-refractivity contribution in [2.45, 2.75) is 12.8 Å². The van der Waals surface area contributed by atoms with E-state index >= 15 is 0 Å². The maximum absolute atomic E-state index is 13.6. The van der Waals surface area contributed by atoms with Crippen molar-refractivity contribution in [2.75, 3.05) is 20.2 Å². The number of amides is 1. The first-order valence-corrected chi connectivity index (χ1v) is 9.59. The molecule has 1 saturated carbocycles. The summed E-state index contributed by atoms with van der Waals surface area (Å²) < 4.78 is 21.9. The average molecular weight is 397 g/mol. The summed E-state index contributed by atoms with van der Waals surface area (Å²) in [5.41, 5.74) is 2.13. The van der Waals surface area contributed by atoms with E-state index in [-0.39, 0.29) is 5.91 Å². The standard InChI is InChI=1S/C12H11FN4O.C9H13NO/c1-16-6-9(4-14-16)8-3-11(18-2)12-10(13)5-15-17(12)7-8;1-2-9(11)10-5-7-3-8(4-7)6-10/h3-7H,1-2H3;2,7-8H,1,3-6H2. The van der Waals surface area contributed by atoms with E-state index in [4.69, 9.17) is 4.74 Å². The number of aryl methyl sites for hydroxylation is 1. The van der Waals surface area contributed by atoms with Gasteiger partial charge in [-0.3, -0.25) is 9.48 Å². The fourth-order valence-corrected chi connectivity index (χ4v) is 4.11. The topological polar surface area (TPSA) is 64.7 Å². The SMILES string of the molecule is C=CC(=O)N1CC2CC(C2)C1.COc1cc(-c2cnn(C)c2)cn2ncc(F)c12. The number of piperidine rings is 2. The Bertz CT molecular complexity index is 1040. The third-order valence-corrected chi connectivity index (χ3v) is 5.57. The van der Waals surface area contributed by atoms with Crippen LogP contribution in [0.3, 0.4) is 0 Å². The Morgan fingerprint density at radius 3 is 2.52 bits per heavy atom. The van der Waals surface area contributed by atoms with E-state index in [0.29, 0.717) is 11.3 Å². The Labute approximate surface area is 168 Å². The lowest BCUT2D eigenvalue weighted by Crippen LogP contribution is -2.50. The van der Waals surface area contributed by atoms with E-state index in [0.717, 1.165) is 36.1 Å². The molecule has 3 aromatic heterocycles. The van der Waals surface area contributed by atoms with Gasteiger partial charge >= 0.3 is 0 Å². The number of carbonyl (C=O) groups excluding carboxylic acids is 1. The summed E-state index contributed by atoms with van der Waals surface area (Å²) in [4.78, 5) is 13.1. The summed E-state index contributed by atoms with van der Waals surface area (Å²) in [6, 6.07) is 1.77. The molecule has 0 aromatic carbocycles. The molecule has 2 saturated heterocycles. The van der Waals surface area contributed by atoms with Crippen molar-refractivity contribution in [3.8, 4) is 16.9 Å². The number of fused-ring (bicyclic) bond motifs is 3. The normalized spacial score (nSPS) is 19.9. The number of rotatable bonds is 3. The summed E-state index contributed by atoms with van der Waals surface area (Å²) in [5, 5.41) is 8.06. The summed E-state index contributed by atoms with van der Waals surface area (Å²) in [7, 11) is 3.35. The first-order valence-electron chi connectivity index (χ1n) is 9.59. The second-order valence-electron chi connectivity index (χ2n) is 7.64. The molecule has 29 heavy (non-hydrogen) atoms. The molecule has 7 nitrogen and oxygen atoms in total. The van der Waals surface area contributed by atoms with Crippen molar-refractivity contribution < 1.29 is 13.9 Å². The number of carbonyl (C=O) groups is 1. The summed E-state index contributed by atoms with van der Waals surface area (Å²) in [5.74, 6) is 1.77. The molecule has 0 spiro atoms. The number of aromatic nitrogens is 4. The molecular weight excluding hydrogens is 373 g/mol. The molecule has 1 amide bonds. The molecular formula is C21H24FN5O2.